The molecule has 0 unspecified atom stereocenters. The zero-order valence-corrected chi connectivity index (χ0v) is 5.57. The molecule has 0 radical (unpaired) electrons. The Bertz CT molecular complexity index is 160. The van der Waals surface area contributed by atoms with Crippen molar-refractivity contribution in [2.24, 2.45) is 0 Å². The fourth-order valence-corrected chi connectivity index (χ4v) is 0.345. The predicted molar refractivity (Wildman–Crippen MR) is 27.8 cm³/mol. The second kappa shape index (κ2) is 2.67. The molecule has 0 aliphatic heterocycles. The van der Waals surface area contributed by atoms with Gasteiger partial charge in [0.15, 0.2) is 0 Å². The third-order valence-corrected chi connectivity index (χ3v) is 1.02. The van der Waals surface area contributed by atoms with Gasteiger partial charge in [0.25, 0.3) is 0 Å². The Morgan fingerprint density at radius 1 is 1.36 bits per heavy atom. The van der Waals surface area contributed by atoms with Crippen molar-refractivity contribution >= 4 is 5.97 Å². The minimum atomic E-state index is -4.47. The average Bonchev–Trinajstić information content (AvgIpc) is 1.56. The Labute approximate surface area is 59.8 Å². The largest absolute Gasteiger partial charge is 0.481 e. The quantitative estimate of drug-likeness (QED) is 0.661. The number of aliphatic carboxylic acids is 1. The van der Waals surface area contributed by atoms with Crippen molar-refractivity contribution in [3.8, 4) is 0 Å². The monoisotopic (exact) mass is 174 g/mol. The number of carbonyl (C=O) groups is 1. The fourth-order valence-electron chi connectivity index (χ4n) is 0.345. The number of carboxylic acids is 1. The van der Waals surface area contributed by atoms with Gasteiger partial charge in [0, 0.05) is 6.92 Å². The van der Waals surface area contributed by atoms with Crippen LogP contribution in [0.2, 0.25) is 0 Å². The molecular formula is C5H6F4O2. The van der Waals surface area contributed by atoms with E-state index in [0.717, 1.165) is 0 Å². The van der Waals surface area contributed by atoms with Crippen molar-refractivity contribution in [1.29, 1.82) is 0 Å². The maximum Gasteiger partial charge on any atom is 0.320 e. The Morgan fingerprint density at radius 2 is 1.73 bits per heavy atom. The molecular weight excluding hydrogens is 168 g/mol. The van der Waals surface area contributed by atoms with Crippen LogP contribution >= 0.6 is 0 Å². The van der Waals surface area contributed by atoms with Crippen molar-refractivity contribution in [1.82, 2.24) is 0 Å². The smallest absolute Gasteiger partial charge is 0.320 e. The summed E-state index contributed by atoms with van der Waals surface area (Å²) < 4.78 is 47.8. The number of rotatable bonds is 3. The maximum absolute atomic E-state index is 12.1. The molecule has 0 aliphatic rings. The van der Waals surface area contributed by atoms with Gasteiger partial charge in [-0.1, -0.05) is 0 Å². The van der Waals surface area contributed by atoms with Crippen LogP contribution in [-0.4, -0.2) is 22.9 Å². The molecule has 0 atom stereocenters. The predicted octanol–water partition coefficient (Wildman–Crippen LogP) is 1.75. The summed E-state index contributed by atoms with van der Waals surface area (Å²) in [4.78, 5) is 9.65. The molecule has 6 heteroatoms. The topological polar surface area (TPSA) is 37.3 Å². The number of carboxylic acid groups (broad SMARTS) is 1. The number of hydrogen-bond donors (Lipinski definition) is 1. The average molecular weight is 174 g/mol. The molecule has 1 N–H and O–H groups in total. The van der Waals surface area contributed by atoms with Gasteiger partial charge >= 0.3 is 17.8 Å². The Kier molecular flexibility index (Phi) is 2.47. The number of alkyl halides is 4. The van der Waals surface area contributed by atoms with Gasteiger partial charge in [0.2, 0.25) is 0 Å². The molecule has 0 amide bonds. The molecule has 0 aromatic heterocycles. The van der Waals surface area contributed by atoms with Crippen LogP contribution in [0.1, 0.15) is 13.3 Å². The van der Waals surface area contributed by atoms with E-state index < -0.39 is 24.2 Å². The summed E-state index contributed by atoms with van der Waals surface area (Å²) in [6, 6.07) is 0. The lowest BCUT2D eigenvalue weighted by atomic mass is 10.1. The van der Waals surface area contributed by atoms with Crippen LogP contribution in [0.3, 0.4) is 0 Å². The van der Waals surface area contributed by atoms with Gasteiger partial charge in [0.1, 0.15) is 6.42 Å². The highest BCUT2D eigenvalue weighted by Crippen LogP contribution is 2.36. The lowest BCUT2D eigenvalue weighted by Crippen LogP contribution is -2.39. The van der Waals surface area contributed by atoms with Gasteiger partial charge in [-0.2, -0.15) is 8.78 Å². The highest BCUT2D eigenvalue weighted by molar-refractivity contribution is 5.68. The summed E-state index contributed by atoms with van der Waals surface area (Å²) >= 11 is 0. The maximum atomic E-state index is 12.1. The van der Waals surface area contributed by atoms with Gasteiger partial charge < -0.3 is 5.11 Å². The highest BCUT2D eigenvalue weighted by atomic mass is 19.3. The first-order chi connectivity index (χ1) is 4.67. The van der Waals surface area contributed by atoms with Crippen LogP contribution in [0.5, 0.6) is 0 Å². The van der Waals surface area contributed by atoms with Crippen LogP contribution in [0.25, 0.3) is 0 Å². The lowest BCUT2D eigenvalue weighted by molar-refractivity contribution is -0.206. The summed E-state index contributed by atoms with van der Waals surface area (Å²) in [5.41, 5.74) is 0. The van der Waals surface area contributed by atoms with Gasteiger partial charge in [-0.25, -0.2) is 8.78 Å². The first-order valence-electron chi connectivity index (χ1n) is 2.64. The van der Waals surface area contributed by atoms with Crippen LogP contribution in [0, 0.1) is 0 Å². The fraction of sp³-hybridized carbons (Fsp3) is 0.800. The molecule has 0 aliphatic carbocycles. The zero-order chi connectivity index (χ0) is 9.28. The second-order valence-corrected chi connectivity index (χ2v) is 2.16. The zero-order valence-electron chi connectivity index (χ0n) is 5.57. The molecule has 0 fully saturated rings. The minimum Gasteiger partial charge on any atom is -0.481 e. The van der Waals surface area contributed by atoms with Gasteiger partial charge in [-0.3, -0.25) is 4.79 Å². The molecule has 0 saturated carbocycles. The Balaban J connectivity index is 4.34. The molecule has 0 spiro atoms. The summed E-state index contributed by atoms with van der Waals surface area (Å²) in [6.45, 7) is -0.0179. The third kappa shape index (κ3) is 2.73. The molecule has 0 aromatic carbocycles. The van der Waals surface area contributed by atoms with Crippen molar-refractivity contribution in [2.45, 2.75) is 25.2 Å². The number of hydrogen-bond acceptors (Lipinski definition) is 1. The van der Waals surface area contributed by atoms with E-state index in [1.165, 1.54) is 0 Å². The first kappa shape index (κ1) is 10.2. The summed E-state index contributed by atoms with van der Waals surface area (Å²) in [6.07, 6.45) is -1.85. The van der Waals surface area contributed by atoms with E-state index >= 15 is 0 Å². The van der Waals surface area contributed by atoms with Crippen LogP contribution in [0.4, 0.5) is 17.6 Å². The highest BCUT2D eigenvalue weighted by Gasteiger charge is 2.53. The number of halogens is 4. The SMILES string of the molecule is CC(F)(F)C(F)(F)CC(=O)O. The van der Waals surface area contributed by atoms with Crippen LogP contribution in [0.15, 0.2) is 0 Å². The van der Waals surface area contributed by atoms with Crippen molar-refractivity contribution in [3.63, 3.8) is 0 Å². The lowest BCUT2D eigenvalue weighted by Gasteiger charge is -2.20. The minimum absolute atomic E-state index is 0.0179. The normalized spacial score (nSPS) is 13.2. The molecule has 11 heavy (non-hydrogen) atoms. The van der Waals surface area contributed by atoms with Crippen molar-refractivity contribution < 1.29 is 27.5 Å². The second-order valence-electron chi connectivity index (χ2n) is 2.16. The standard InChI is InChI=1S/C5H6F4O2/c1-4(6,7)5(8,9)2-3(10)11/h2H2,1H3,(H,10,11). The molecule has 66 valence electrons. The molecule has 0 bridgehead atoms. The van der Waals surface area contributed by atoms with E-state index in [9.17, 15) is 22.4 Å². The Morgan fingerprint density at radius 3 is 1.82 bits per heavy atom. The molecule has 2 nitrogen and oxygen atoms in total. The Hall–Kier alpha value is -0.810. The van der Waals surface area contributed by atoms with Gasteiger partial charge in [-0.05, 0) is 0 Å². The van der Waals surface area contributed by atoms with Gasteiger partial charge in [0.05, 0.1) is 0 Å². The van der Waals surface area contributed by atoms with E-state index in [-0.39, 0.29) is 6.92 Å². The van der Waals surface area contributed by atoms with Gasteiger partial charge in [-0.15, -0.1) is 0 Å². The van der Waals surface area contributed by atoms with E-state index in [1.807, 2.05) is 0 Å². The van der Waals surface area contributed by atoms with Crippen molar-refractivity contribution in [2.75, 3.05) is 0 Å². The van der Waals surface area contributed by atoms with E-state index in [1.54, 1.807) is 0 Å². The summed E-state index contributed by atoms with van der Waals surface area (Å²) in [5.74, 6) is -10.7. The molecule has 0 saturated heterocycles. The van der Waals surface area contributed by atoms with E-state index in [0.29, 0.717) is 0 Å². The molecule has 0 rings (SSSR count). The third-order valence-electron chi connectivity index (χ3n) is 1.02. The molecule has 0 aromatic rings. The van der Waals surface area contributed by atoms with Crippen molar-refractivity contribution in [3.05, 3.63) is 0 Å². The summed E-state index contributed by atoms with van der Waals surface area (Å²) in [5, 5.41) is 7.80. The molecule has 0 heterocycles. The van der Waals surface area contributed by atoms with Crippen LogP contribution in [-0.2, 0) is 4.79 Å². The first-order valence-corrected chi connectivity index (χ1v) is 2.64. The van der Waals surface area contributed by atoms with E-state index in [2.05, 4.69) is 0 Å². The van der Waals surface area contributed by atoms with E-state index in [4.69, 9.17) is 5.11 Å². The van der Waals surface area contributed by atoms with Crippen LogP contribution < -0.4 is 0 Å². The summed E-state index contributed by atoms with van der Waals surface area (Å²) in [7, 11) is 0.